The van der Waals surface area contributed by atoms with Crippen molar-refractivity contribution in [2.24, 2.45) is 0 Å². The number of hydrogen-bond donors (Lipinski definition) is 1. The van der Waals surface area contributed by atoms with Crippen molar-refractivity contribution < 1.29 is 18.0 Å². The summed E-state index contributed by atoms with van der Waals surface area (Å²) in [5.41, 5.74) is -0.342. The van der Waals surface area contributed by atoms with E-state index in [0.29, 0.717) is 12.2 Å². The molecule has 1 saturated carbocycles. The van der Waals surface area contributed by atoms with Crippen molar-refractivity contribution in [3.63, 3.8) is 0 Å². The van der Waals surface area contributed by atoms with Gasteiger partial charge in [-0.3, -0.25) is 9.48 Å². The minimum atomic E-state index is -4.50. The van der Waals surface area contributed by atoms with E-state index in [4.69, 9.17) is 0 Å². The molecule has 1 fully saturated rings. The Labute approximate surface area is 160 Å². The van der Waals surface area contributed by atoms with Crippen LogP contribution in [-0.4, -0.2) is 46.8 Å². The van der Waals surface area contributed by atoms with Crippen LogP contribution in [0.15, 0.2) is 4.47 Å². The third kappa shape index (κ3) is 5.70. The highest BCUT2D eigenvalue weighted by Crippen LogP contribution is 2.46. The Morgan fingerprint density at radius 2 is 2.00 bits per heavy atom. The summed E-state index contributed by atoms with van der Waals surface area (Å²) in [7, 11) is 0. The van der Waals surface area contributed by atoms with Crippen molar-refractivity contribution in [2.45, 2.75) is 58.2 Å². The number of hydrogen-bond acceptors (Lipinski definition) is 3. The highest BCUT2D eigenvalue weighted by atomic mass is 79.9. The fourth-order valence-electron chi connectivity index (χ4n) is 2.92. The van der Waals surface area contributed by atoms with E-state index in [1.165, 1.54) is 4.68 Å². The number of alkyl halides is 3. The third-order valence-electron chi connectivity index (χ3n) is 4.58. The lowest BCUT2D eigenvalue weighted by molar-refractivity contribution is -0.142. The predicted molar refractivity (Wildman–Crippen MR) is 96.9 cm³/mol. The number of carbonyl (C=O) groups is 1. The van der Waals surface area contributed by atoms with E-state index in [2.05, 4.69) is 45.1 Å². The van der Waals surface area contributed by atoms with Gasteiger partial charge in [-0.15, -0.1) is 0 Å². The van der Waals surface area contributed by atoms with Gasteiger partial charge in [-0.05, 0) is 54.8 Å². The number of carbonyl (C=O) groups excluding carboxylic acids is 1. The van der Waals surface area contributed by atoms with Gasteiger partial charge in [0.15, 0.2) is 5.69 Å². The van der Waals surface area contributed by atoms with Crippen LogP contribution >= 0.6 is 15.9 Å². The first-order chi connectivity index (χ1) is 12.3. The van der Waals surface area contributed by atoms with Crippen LogP contribution in [0.25, 0.3) is 0 Å². The molecule has 5 nitrogen and oxygen atoms in total. The molecule has 0 radical (unpaired) electrons. The molecule has 148 valence electrons. The summed E-state index contributed by atoms with van der Waals surface area (Å²) in [5, 5.41) is 6.55. The van der Waals surface area contributed by atoms with Crippen LogP contribution in [0.5, 0.6) is 0 Å². The first kappa shape index (κ1) is 21.2. The van der Waals surface area contributed by atoms with E-state index in [0.717, 1.165) is 38.9 Å². The van der Waals surface area contributed by atoms with Gasteiger partial charge in [0.25, 0.3) is 0 Å². The van der Waals surface area contributed by atoms with E-state index in [1.807, 2.05) is 0 Å². The summed E-state index contributed by atoms with van der Waals surface area (Å²) in [5.74, 6) is -0.0587. The number of aromatic nitrogens is 2. The Kier molecular flexibility index (Phi) is 7.52. The van der Waals surface area contributed by atoms with Crippen LogP contribution in [0.1, 0.15) is 56.8 Å². The van der Waals surface area contributed by atoms with E-state index >= 15 is 0 Å². The third-order valence-corrected chi connectivity index (χ3v) is 5.36. The van der Waals surface area contributed by atoms with Gasteiger partial charge in [-0.2, -0.15) is 18.3 Å². The average Bonchev–Trinajstić information content (AvgIpc) is 3.35. The topological polar surface area (TPSA) is 50.2 Å². The van der Waals surface area contributed by atoms with Crippen molar-refractivity contribution in [3.05, 3.63) is 15.9 Å². The van der Waals surface area contributed by atoms with Crippen molar-refractivity contribution >= 4 is 21.8 Å². The van der Waals surface area contributed by atoms with Crippen LogP contribution < -0.4 is 5.32 Å². The highest BCUT2D eigenvalue weighted by molar-refractivity contribution is 9.10. The van der Waals surface area contributed by atoms with Gasteiger partial charge in [-0.1, -0.05) is 13.8 Å². The molecule has 2 rings (SSSR count). The first-order valence-electron chi connectivity index (χ1n) is 9.10. The normalized spacial score (nSPS) is 14.9. The molecular formula is C17H26BrF3N4O. The van der Waals surface area contributed by atoms with Crippen molar-refractivity contribution in [1.29, 1.82) is 0 Å². The molecule has 1 heterocycles. The number of halogens is 4. The Hall–Kier alpha value is -1.09. The van der Waals surface area contributed by atoms with Crippen LogP contribution in [0.4, 0.5) is 13.2 Å². The van der Waals surface area contributed by atoms with Crippen molar-refractivity contribution in [1.82, 2.24) is 20.0 Å². The molecule has 0 unspecified atom stereocenters. The minimum absolute atomic E-state index is 0.0205. The van der Waals surface area contributed by atoms with Crippen molar-refractivity contribution in [3.8, 4) is 0 Å². The fraction of sp³-hybridized carbons (Fsp3) is 0.765. The average molecular weight is 439 g/mol. The summed E-state index contributed by atoms with van der Waals surface area (Å²) in [4.78, 5) is 14.3. The summed E-state index contributed by atoms with van der Waals surface area (Å²) >= 11 is 3.06. The molecule has 1 aliphatic rings. The molecule has 0 aliphatic heterocycles. The Morgan fingerprint density at radius 3 is 2.54 bits per heavy atom. The summed E-state index contributed by atoms with van der Waals surface area (Å²) < 4.78 is 40.6. The van der Waals surface area contributed by atoms with Crippen LogP contribution in [0, 0.1) is 0 Å². The second-order valence-corrected chi connectivity index (χ2v) is 7.32. The summed E-state index contributed by atoms with van der Waals surface area (Å²) in [6.07, 6.45) is -1.80. The molecule has 0 spiro atoms. The quantitative estimate of drug-likeness (QED) is 0.565. The highest BCUT2D eigenvalue weighted by Gasteiger charge is 2.41. The molecule has 1 aromatic heterocycles. The SMILES string of the molecule is CCN(CC)CCCNC(=O)CCn1nc(C(F)(F)F)c(Br)c1C1CC1. The van der Waals surface area contributed by atoms with Gasteiger partial charge in [0.1, 0.15) is 0 Å². The Bertz CT molecular complexity index is 610. The zero-order valence-corrected chi connectivity index (χ0v) is 16.8. The van der Waals surface area contributed by atoms with E-state index in [9.17, 15) is 18.0 Å². The minimum Gasteiger partial charge on any atom is -0.356 e. The van der Waals surface area contributed by atoms with Crippen LogP contribution in [0.3, 0.4) is 0 Å². The lowest BCUT2D eigenvalue weighted by Gasteiger charge is -2.17. The maximum atomic E-state index is 13.1. The number of rotatable bonds is 10. The van der Waals surface area contributed by atoms with Crippen LogP contribution in [-0.2, 0) is 17.5 Å². The molecule has 26 heavy (non-hydrogen) atoms. The Balaban J connectivity index is 1.86. The van der Waals surface area contributed by atoms with Gasteiger partial charge >= 0.3 is 6.18 Å². The fourth-order valence-corrected chi connectivity index (χ4v) is 3.75. The second-order valence-electron chi connectivity index (χ2n) is 6.52. The summed E-state index contributed by atoms with van der Waals surface area (Å²) in [6.45, 7) is 7.78. The zero-order chi connectivity index (χ0) is 19.3. The standard InChI is InChI=1S/C17H26BrF3N4O/c1-3-24(4-2)10-5-9-22-13(26)8-11-25-15(12-6-7-12)14(18)16(23-25)17(19,20)21/h12H,3-11H2,1-2H3,(H,22,26). The monoisotopic (exact) mass is 438 g/mol. The first-order valence-corrected chi connectivity index (χ1v) is 9.89. The van der Waals surface area contributed by atoms with E-state index in [-0.39, 0.29) is 29.3 Å². The van der Waals surface area contributed by atoms with Gasteiger partial charge in [0.05, 0.1) is 16.7 Å². The molecule has 1 aliphatic carbocycles. The lowest BCUT2D eigenvalue weighted by atomic mass is 10.2. The second kappa shape index (κ2) is 9.21. The molecule has 1 N–H and O–H groups in total. The van der Waals surface area contributed by atoms with Crippen LogP contribution in [0.2, 0.25) is 0 Å². The number of nitrogens with one attached hydrogen (secondary N) is 1. The number of amides is 1. The maximum Gasteiger partial charge on any atom is 0.436 e. The molecule has 1 aromatic rings. The molecular weight excluding hydrogens is 413 g/mol. The summed E-state index contributed by atoms with van der Waals surface area (Å²) in [6, 6.07) is 0. The number of aryl methyl sites for hydroxylation is 1. The zero-order valence-electron chi connectivity index (χ0n) is 15.2. The van der Waals surface area contributed by atoms with Gasteiger partial charge in [0.2, 0.25) is 5.91 Å². The molecule has 0 atom stereocenters. The molecule has 1 amide bonds. The van der Waals surface area contributed by atoms with E-state index in [1.54, 1.807) is 0 Å². The number of nitrogens with zero attached hydrogens (tertiary/aromatic N) is 3. The molecule has 9 heteroatoms. The Morgan fingerprint density at radius 1 is 1.35 bits per heavy atom. The maximum absolute atomic E-state index is 13.1. The van der Waals surface area contributed by atoms with Gasteiger partial charge in [0, 0.05) is 18.9 Å². The van der Waals surface area contributed by atoms with Gasteiger partial charge < -0.3 is 10.2 Å². The smallest absolute Gasteiger partial charge is 0.356 e. The van der Waals surface area contributed by atoms with Gasteiger partial charge in [-0.25, -0.2) is 0 Å². The largest absolute Gasteiger partial charge is 0.436 e. The predicted octanol–water partition coefficient (Wildman–Crippen LogP) is 3.78. The lowest BCUT2D eigenvalue weighted by Crippen LogP contribution is -2.30. The van der Waals surface area contributed by atoms with Crippen molar-refractivity contribution in [2.75, 3.05) is 26.2 Å². The molecule has 0 aromatic carbocycles. The molecule has 0 bridgehead atoms. The molecule has 0 saturated heterocycles. The van der Waals surface area contributed by atoms with E-state index < -0.39 is 11.9 Å².